The molecule has 2 nitrogen and oxygen atoms in total. The summed E-state index contributed by atoms with van der Waals surface area (Å²) in [5.74, 6) is 5.72. The average molecular weight is 337 g/mol. The SMILES string of the molecule is N#CC(Cc1ccccc1)C(O)c1ccccc1C#Cc1ccccc1. The van der Waals surface area contributed by atoms with Crippen LogP contribution in [-0.2, 0) is 6.42 Å². The van der Waals surface area contributed by atoms with Crippen molar-refractivity contribution < 1.29 is 5.11 Å². The van der Waals surface area contributed by atoms with Gasteiger partial charge in [-0.2, -0.15) is 5.26 Å². The molecule has 0 aliphatic rings. The molecule has 0 aliphatic carbocycles. The number of rotatable bonds is 4. The Morgan fingerprint density at radius 1 is 0.769 bits per heavy atom. The van der Waals surface area contributed by atoms with E-state index in [1.54, 1.807) is 0 Å². The van der Waals surface area contributed by atoms with E-state index >= 15 is 0 Å². The van der Waals surface area contributed by atoms with Gasteiger partial charge in [-0.15, -0.1) is 0 Å². The zero-order valence-electron chi connectivity index (χ0n) is 14.3. The first kappa shape index (κ1) is 17.5. The molecule has 0 saturated carbocycles. The Balaban J connectivity index is 1.86. The molecule has 0 spiro atoms. The number of aliphatic hydroxyl groups excluding tert-OH is 1. The number of aliphatic hydroxyl groups is 1. The summed E-state index contributed by atoms with van der Waals surface area (Å²) in [6.07, 6.45) is -0.389. The maximum atomic E-state index is 10.8. The summed E-state index contributed by atoms with van der Waals surface area (Å²) < 4.78 is 0. The molecule has 0 amide bonds. The molecule has 0 saturated heterocycles. The van der Waals surface area contributed by atoms with E-state index in [-0.39, 0.29) is 0 Å². The minimum Gasteiger partial charge on any atom is -0.387 e. The molecule has 0 aliphatic heterocycles. The third-order valence-electron chi connectivity index (χ3n) is 4.24. The van der Waals surface area contributed by atoms with Gasteiger partial charge in [0.25, 0.3) is 0 Å². The van der Waals surface area contributed by atoms with Crippen molar-refractivity contribution in [2.75, 3.05) is 0 Å². The smallest absolute Gasteiger partial charge is 0.0963 e. The second-order valence-electron chi connectivity index (χ2n) is 6.07. The van der Waals surface area contributed by atoms with Crippen LogP contribution in [0.15, 0.2) is 84.9 Å². The van der Waals surface area contributed by atoms with Crippen LogP contribution in [0.5, 0.6) is 0 Å². The molecular formula is C24H19NO. The maximum Gasteiger partial charge on any atom is 0.0963 e. The molecule has 1 N–H and O–H groups in total. The highest BCUT2D eigenvalue weighted by molar-refractivity contribution is 5.47. The Labute approximate surface area is 154 Å². The van der Waals surface area contributed by atoms with Gasteiger partial charge in [-0.25, -0.2) is 0 Å². The monoisotopic (exact) mass is 337 g/mol. The minimum atomic E-state index is -0.888. The van der Waals surface area contributed by atoms with Crippen molar-refractivity contribution >= 4 is 0 Å². The van der Waals surface area contributed by atoms with Crippen LogP contribution >= 0.6 is 0 Å². The molecule has 2 unspecified atom stereocenters. The van der Waals surface area contributed by atoms with Crippen LogP contribution in [0.3, 0.4) is 0 Å². The highest BCUT2D eigenvalue weighted by Crippen LogP contribution is 2.27. The van der Waals surface area contributed by atoms with Crippen LogP contribution in [0.2, 0.25) is 0 Å². The highest BCUT2D eigenvalue weighted by Gasteiger charge is 2.22. The van der Waals surface area contributed by atoms with Gasteiger partial charge in [0, 0.05) is 11.1 Å². The zero-order valence-corrected chi connectivity index (χ0v) is 14.3. The van der Waals surface area contributed by atoms with Gasteiger partial charge in [0.1, 0.15) is 0 Å². The van der Waals surface area contributed by atoms with E-state index in [1.165, 1.54) is 0 Å². The van der Waals surface area contributed by atoms with Gasteiger partial charge >= 0.3 is 0 Å². The van der Waals surface area contributed by atoms with Gasteiger partial charge in [0.15, 0.2) is 0 Å². The molecule has 3 rings (SSSR count). The Morgan fingerprint density at radius 2 is 1.38 bits per heavy atom. The minimum absolute atomic E-state index is 0.499. The van der Waals surface area contributed by atoms with Crippen molar-refractivity contribution in [3.63, 3.8) is 0 Å². The number of hydrogen-bond acceptors (Lipinski definition) is 2. The van der Waals surface area contributed by atoms with Crippen molar-refractivity contribution in [2.24, 2.45) is 5.92 Å². The van der Waals surface area contributed by atoms with Gasteiger partial charge < -0.3 is 5.11 Å². The largest absolute Gasteiger partial charge is 0.387 e. The van der Waals surface area contributed by atoms with E-state index in [0.717, 1.165) is 16.7 Å². The first-order valence-corrected chi connectivity index (χ1v) is 8.55. The maximum absolute atomic E-state index is 10.8. The van der Waals surface area contributed by atoms with Crippen molar-refractivity contribution in [3.8, 4) is 17.9 Å². The quantitative estimate of drug-likeness (QED) is 0.712. The molecular weight excluding hydrogens is 318 g/mol. The lowest BCUT2D eigenvalue weighted by molar-refractivity contribution is 0.134. The van der Waals surface area contributed by atoms with Gasteiger partial charge in [-0.3, -0.25) is 0 Å². The molecule has 0 aromatic heterocycles. The fourth-order valence-corrected chi connectivity index (χ4v) is 2.84. The Hall–Kier alpha value is -3.33. The lowest BCUT2D eigenvalue weighted by atomic mass is 9.89. The number of nitriles is 1. The highest BCUT2D eigenvalue weighted by atomic mass is 16.3. The summed E-state index contributed by atoms with van der Waals surface area (Å²) in [5, 5.41) is 20.4. The molecule has 2 heteroatoms. The molecule has 3 aromatic rings. The number of hydrogen-bond donors (Lipinski definition) is 1. The molecule has 26 heavy (non-hydrogen) atoms. The average Bonchev–Trinajstić information content (AvgIpc) is 2.72. The van der Waals surface area contributed by atoms with Crippen LogP contribution in [0, 0.1) is 29.1 Å². The number of nitrogens with zero attached hydrogens (tertiary/aromatic N) is 1. The third-order valence-corrected chi connectivity index (χ3v) is 4.24. The molecule has 2 atom stereocenters. The van der Waals surface area contributed by atoms with Crippen LogP contribution in [0.25, 0.3) is 0 Å². The second-order valence-corrected chi connectivity index (χ2v) is 6.07. The Bertz CT molecular complexity index is 946. The van der Waals surface area contributed by atoms with Crippen molar-refractivity contribution in [1.29, 1.82) is 5.26 Å². The summed E-state index contributed by atoms with van der Waals surface area (Å²) in [6.45, 7) is 0. The van der Waals surface area contributed by atoms with Gasteiger partial charge in [-0.05, 0) is 35.7 Å². The lowest BCUT2D eigenvalue weighted by Crippen LogP contribution is -2.15. The summed E-state index contributed by atoms with van der Waals surface area (Å²) >= 11 is 0. The fourth-order valence-electron chi connectivity index (χ4n) is 2.84. The summed E-state index contributed by atoms with van der Waals surface area (Å²) in [6, 6.07) is 29.2. The molecule has 126 valence electrons. The molecule has 0 fully saturated rings. The van der Waals surface area contributed by atoms with E-state index in [2.05, 4.69) is 17.9 Å². The molecule has 3 aromatic carbocycles. The first-order chi connectivity index (χ1) is 12.8. The zero-order chi connectivity index (χ0) is 18.2. The Kier molecular flexibility index (Phi) is 5.84. The van der Waals surface area contributed by atoms with Gasteiger partial charge in [-0.1, -0.05) is 78.6 Å². The standard InChI is InChI=1S/C24H19NO/c25-18-22(17-20-11-5-2-6-12-20)24(26)23-14-8-7-13-21(23)16-15-19-9-3-1-4-10-19/h1-14,22,24,26H,17H2. The summed E-state index contributed by atoms with van der Waals surface area (Å²) in [7, 11) is 0. The van der Waals surface area contributed by atoms with Crippen molar-refractivity contribution in [2.45, 2.75) is 12.5 Å². The van der Waals surface area contributed by atoms with Crippen molar-refractivity contribution in [3.05, 3.63) is 107 Å². The van der Waals surface area contributed by atoms with E-state index in [0.29, 0.717) is 12.0 Å². The third kappa shape index (κ3) is 4.39. The molecule has 0 heterocycles. The van der Waals surface area contributed by atoms with Gasteiger partial charge in [0.05, 0.1) is 18.1 Å². The topological polar surface area (TPSA) is 44.0 Å². The fraction of sp³-hybridized carbons (Fsp3) is 0.125. The normalized spacial score (nSPS) is 12.3. The summed E-state index contributed by atoms with van der Waals surface area (Å²) in [5.41, 5.74) is 3.39. The molecule has 0 bridgehead atoms. The van der Waals surface area contributed by atoms with E-state index in [9.17, 15) is 10.4 Å². The molecule has 0 radical (unpaired) electrons. The van der Waals surface area contributed by atoms with Crippen LogP contribution in [-0.4, -0.2) is 5.11 Å². The van der Waals surface area contributed by atoms with Crippen LogP contribution in [0.4, 0.5) is 0 Å². The first-order valence-electron chi connectivity index (χ1n) is 8.55. The Morgan fingerprint density at radius 3 is 2.08 bits per heavy atom. The predicted molar refractivity (Wildman–Crippen MR) is 103 cm³/mol. The second kappa shape index (κ2) is 8.67. The van der Waals surface area contributed by atoms with Gasteiger partial charge in [0.2, 0.25) is 0 Å². The van der Waals surface area contributed by atoms with E-state index in [4.69, 9.17) is 0 Å². The van der Waals surface area contributed by atoms with Crippen molar-refractivity contribution in [1.82, 2.24) is 0 Å². The summed E-state index contributed by atoms with van der Waals surface area (Å²) in [4.78, 5) is 0. The van der Waals surface area contributed by atoms with Crippen LogP contribution in [0.1, 0.15) is 28.4 Å². The number of benzene rings is 3. The predicted octanol–water partition coefficient (Wildman–Crippen LogP) is 4.50. The lowest BCUT2D eigenvalue weighted by Gasteiger charge is -2.18. The van der Waals surface area contributed by atoms with E-state index in [1.807, 2.05) is 84.9 Å². The van der Waals surface area contributed by atoms with Crippen LogP contribution < -0.4 is 0 Å². The van der Waals surface area contributed by atoms with E-state index < -0.39 is 12.0 Å².